The number of hydrogen-bond acceptors (Lipinski definition) is 3. The third-order valence-corrected chi connectivity index (χ3v) is 4.69. The van der Waals surface area contributed by atoms with Crippen LogP contribution < -0.4 is 10.5 Å². The molecule has 1 aromatic rings. The van der Waals surface area contributed by atoms with Crippen molar-refractivity contribution in [3.63, 3.8) is 0 Å². The van der Waals surface area contributed by atoms with E-state index < -0.39 is 10.0 Å². The molecule has 0 aliphatic heterocycles. The predicted octanol–water partition coefficient (Wildman–Crippen LogP) is 1.23. The summed E-state index contributed by atoms with van der Waals surface area (Å²) in [4.78, 5) is 0. The van der Waals surface area contributed by atoms with Crippen molar-refractivity contribution in [1.82, 2.24) is 4.72 Å². The lowest BCUT2D eigenvalue weighted by Crippen LogP contribution is -2.30. The molecular weight excluding hydrogens is 248 g/mol. The van der Waals surface area contributed by atoms with Crippen LogP contribution in [0.25, 0.3) is 0 Å². The fourth-order valence-electron chi connectivity index (χ4n) is 2.39. The first-order valence-electron chi connectivity index (χ1n) is 6.32. The highest BCUT2D eigenvalue weighted by atomic mass is 32.2. The molecule has 0 spiro atoms. The number of nitrogens with two attached hydrogens (primary N) is 1. The van der Waals surface area contributed by atoms with Gasteiger partial charge >= 0.3 is 0 Å². The summed E-state index contributed by atoms with van der Waals surface area (Å²) in [5.41, 5.74) is 6.62. The fraction of sp³-hybridized carbons (Fsp3) is 0.538. The molecule has 0 aromatic heterocycles. The number of rotatable bonds is 5. The van der Waals surface area contributed by atoms with E-state index in [0.717, 1.165) is 24.8 Å². The van der Waals surface area contributed by atoms with Gasteiger partial charge in [-0.3, -0.25) is 0 Å². The molecule has 0 saturated heterocycles. The Kier molecular flexibility index (Phi) is 4.37. The average molecular weight is 268 g/mol. The molecule has 4 nitrogen and oxygen atoms in total. The minimum Gasteiger partial charge on any atom is -0.328 e. The SMILES string of the molecule is NC1CCC(CNS(=O)(=O)Cc2ccccc2)C1. The van der Waals surface area contributed by atoms with Gasteiger partial charge in [-0.1, -0.05) is 30.3 Å². The van der Waals surface area contributed by atoms with Crippen LogP contribution in [0.1, 0.15) is 24.8 Å². The monoisotopic (exact) mass is 268 g/mol. The highest BCUT2D eigenvalue weighted by Gasteiger charge is 2.23. The van der Waals surface area contributed by atoms with Gasteiger partial charge in [0.1, 0.15) is 0 Å². The molecule has 2 unspecified atom stereocenters. The summed E-state index contributed by atoms with van der Waals surface area (Å²) in [6.07, 6.45) is 2.95. The first kappa shape index (κ1) is 13.5. The van der Waals surface area contributed by atoms with Crippen LogP contribution in [0.15, 0.2) is 30.3 Å². The molecule has 0 amide bonds. The topological polar surface area (TPSA) is 72.2 Å². The van der Waals surface area contributed by atoms with Crippen LogP contribution in [-0.2, 0) is 15.8 Å². The number of benzene rings is 1. The molecule has 1 saturated carbocycles. The molecule has 1 aliphatic carbocycles. The van der Waals surface area contributed by atoms with E-state index >= 15 is 0 Å². The highest BCUT2D eigenvalue weighted by Crippen LogP contribution is 2.23. The van der Waals surface area contributed by atoms with Crippen molar-refractivity contribution in [1.29, 1.82) is 0 Å². The fourth-order valence-corrected chi connectivity index (χ4v) is 3.61. The van der Waals surface area contributed by atoms with Gasteiger partial charge in [0.25, 0.3) is 0 Å². The maximum atomic E-state index is 11.9. The normalized spacial score (nSPS) is 24.3. The van der Waals surface area contributed by atoms with Crippen LogP contribution in [0.2, 0.25) is 0 Å². The Morgan fingerprint density at radius 2 is 1.94 bits per heavy atom. The van der Waals surface area contributed by atoms with Crippen molar-refractivity contribution in [3.8, 4) is 0 Å². The second kappa shape index (κ2) is 5.82. The Labute approximate surface area is 109 Å². The number of sulfonamides is 1. The molecule has 2 rings (SSSR count). The second-order valence-electron chi connectivity index (χ2n) is 5.03. The lowest BCUT2D eigenvalue weighted by Gasteiger charge is -2.11. The Hall–Kier alpha value is -0.910. The van der Waals surface area contributed by atoms with Crippen LogP contribution in [0.5, 0.6) is 0 Å². The summed E-state index contributed by atoms with van der Waals surface area (Å²) in [5.74, 6) is 0.442. The van der Waals surface area contributed by atoms with E-state index in [0.29, 0.717) is 12.5 Å². The van der Waals surface area contributed by atoms with E-state index in [2.05, 4.69) is 4.72 Å². The molecular formula is C13H20N2O2S. The lowest BCUT2D eigenvalue weighted by atomic mass is 10.1. The summed E-state index contributed by atoms with van der Waals surface area (Å²) in [6, 6.07) is 9.47. The molecule has 100 valence electrons. The van der Waals surface area contributed by atoms with Gasteiger partial charge in [-0.05, 0) is 30.7 Å². The Bertz CT molecular complexity index is 473. The van der Waals surface area contributed by atoms with Gasteiger partial charge in [0.15, 0.2) is 0 Å². The molecule has 1 aliphatic rings. The quantitative estimate of drug-likeness (QED) is 0.843. The van der Waals surface area contributed by atoms with Crippen LogP contribution in [0.3, 0.4) is 0 Å². The molecule has 1 fully saturated rings. The smallest absolute Gasteiger partial charge is 0.215 e. The molecule has 0 bridgehead atoms. The summed E-state index contributed by atoms with van der Waals surface area (Å²) >= 11 is 0. The standard InChI is InChI=1S/C13H20N2O2S/c14-13-7-6-12(8-13)9-15-18(16,17)10-11-4-2-1-3-5-11/h1-5,12-13,15H,6-10,14H2. The molecule has 0 radical (unpaired) electrons. The maximum absolute atomic E-state index is 11.9. The van der Waals surface area contributed by atoms with Crippen LogP contribution in [0, 0.1) is 5.92 Å². The van der Waals surface area contributed by atoms with E-state index in [4.69, 9.17) is 5.73 Å². The molecule has 1 aromatic carbocycles. The van der Waals surface area contributed by atoms with Gasteiger partial charge in [0.2, 0.25) is 10.0 Å². The molecule has 3 N–H and O–H groups in total. The summed E-state index contributed by atoms with van der Waals surface area (Å²) in [7, 11) is -3.23. The number of nitrogens with one attached hydrogen (secondary N) is 1. The van der Waals surface area contributed by atoms with E-state index in [1.165, 1.54) is 0 Å². The van der Waals surface area contributed by atoms with Crippen LogP contribution >= 0.6 is 0 Å². The zero-order valence-electron chi connectivity index (χ0n) is 10.4. The molecule has 2 atom stereocenters. The van der Waals surface area contributed by atoms with Gasteiger partial charge in [0.05, 0.1) is 5.75 Å². The first-order chi connectivity index (χ1) is 8.55. The van der Waals surface area contributed by atoms with Crippen molar-refractivity contribution in [2.24, 2.45) is 11.7 Å². The van der Waals surface area contributed by atoms with Gasteiger partial charge in [-0.25, -0.2) is 13.1 Å². The Balaban J connectivity index is 1.84. The minimum absolute atomic E-state index is 0.0482. The summed E-state index contributed by atoms with van der Waals surface area (Å²) in [5, 5.41) is 0. The van der Waals surface area contributed by atoms with Gasteiger partial charge in [-0.2, -0.15) is 0 Å². The third-order valence-electron chi connectivity index (χ3n) is 3.37. The van der Waals surface area contributed by atoms with Crippen molar-refractivity contribution in [2.45, 2.75) is 31.1 Å². The average Bonchev–Trinajstić information content (AvgIpc) is 2.74. The first-order valence-corrected chi connectivity index (χ1v) is 7.97. The Morgan fingerprint density at radius 1 is 1.22 bits per heavy atom. The van der Waals surface area contributed by atoms with Gasteiger partial charge in [-0.15, -0.1) is 0 Å². The Morgan fingerprint density at radius 3 is 2.56 bits per heavy atom. The van der Waals surface area contributed by atoms with Gasteiger partial charge < -0.3 is 5.73 Å². The molecule has 18 heavy (non-hydrogen) atoms. The van der Waals surface area contributed by atoms with Crippen molar-refractivity contribution in [3.05, 3.63) is 35.9 Å². The van der Waals surface area contributed by atoms with Gasteiger partial charge in [0, 0.05) is 12.6 Å². The lowest BCUT2D eigenvalue weighted by molar-refractivity contribution is 0.512. The molecule has 5 heteroatoms. The maximum Gasteiger partial charge on any atom is 0.215 e. The van der Waals surface area contributed by atoms with Crippen LogP contribution in [-0.4, -0.2) is 21.0 Å². The zero-order valence-corrected chi connectivity index (χ0v) is 11.2. The number of hydrogen-bond donors (Lipinski definition) is 2. The molecule has 0 heterocycles. The summed E-state index contributed by atoms with van der Waals surface area (Å²) in [6.45, 7) is 0.517. The van der Waals surface area contributed by atoms with E-state index in [1.54, 1.807) is 0 Å². The van der Waals surface area contributed by atoms with Crippen molar-refractivity contribution >= 4 is 10.0 Å². The largest absolute Gasteiger partial charge is 0.328 e. The van der Waals surface area contributed by atoms with E-state index in [-0.39, 0.29) is 11.8 Å². The highest BCUT2D eigenvalue weighted by molar-refractivity contribution is 7.88. The summed E-state index contributed by atoms with van der Waals surface area (Å²) < 4.78 is 26.5. The third kappa shape index (κ3) is 4.08. The van der Waals surface area contributed by atoms with Crippen molar-refractivity contribution in [2.75, 3.05) is 6.54 Å². The van der Waals surface area contributed by atoms with Crippen LogP contribution in [0.4, 0.5) is 0 Å². The predicted molar refractivity (Wildman–Crippen MR) is 72.4 cm³/mol. The minimum atomic E-state index is -3.23. The van der Waals surface area contributed by atoms with E-state index in [1.807, 2.05) is 30.3 Å². The second-order valence-corrected chi connectivity index (χ2v) is 6.84. The van der Waals surface area contributed by atoms with Crippen molar-refractivity contribution < 1.29 is 8.42 Å². The zero-order chi connectivity index (χ0) is 13.0. The van der Waals surface area contributed by atoms with E-state index in [9.17, 15) is 8.42 Å².